The Kier molecular flexibility index (Phi) is 6.66. The van der Waals surface area contributed by atoms with Crippen LogP contribution in [0, 0.1) is 5.92 Å². The molecule has 0 spiro atoms. The first-order chi connectivity index (χ1) is 12.8. The third-order valence-electron chi connectivity index (χ3n) is 6.25. The standard InChI is InChI=1S/C20H34N2O4S/c1-4-27(24,25)21-18-12-9-16-8-7-15(3)20(23)22(16)19(18)13-26-17-10-5-14(2)6-11-17/h7-8,14,17-21,23H,4-6,9-13H2,1-3H3. The number of rotatable bonds is 6. The van der Waals surface area contributed by atoms with Crippen LogP contribution in [0.4, 0.5) is 0 Å². The summed E-state index contributed by atoms with van der Waals surface area (Å²) < 4.78 is 33.5. The molecule has 0 bridgehead atoms. The van der Waals surface area contributed by atoms with Crippen LogP contribution in [0.2, 0.25) is 0 Å². The Labute approximate surface area is 163 Å². The summed E-state index contributed by atoms with van der Waals surface area (Å²) in [5.41, 5.74) is 1.93. The third-order valence-corrected chi connectivity index (χ3v) is 7.67. The number of sulfonamides is 1. The summed E-state index contributed by atoms with van der Waals surface area (Å²) in [4.78, 5) is 1.97. The van der Waals surface area contributed by atoms with E-state index in [2.05, 4.69) is 11.6 Å². The molecule has 1 aliphatic carbocycles. The van der Waals surface area contributed by atoms with Gasteiger partial charge in [-0.3, -0.25) is 0 Å². The van der Waals surface area contributed by atoms with Gasteiger partial charge in [0.05, 0.1) is 24.5 Å². The molecule has 154 valence electrons. The lowest BCUT2D eigenvalue weighted by atomic mass is 9.88. The number of fused-ring (bicyclic) bond motifs is 1. The molecule has 3 aliphatic rings. The highest BCUT2D eigenvalue weighted by molar-refractivity contribution is 7.89. The Hall–Kier alpha value is -0.890. The molecule has 27 heavy (non-hydrogen) atoms. The molecule has 0 aromatic rings. The molecular formula is C20H34N2O4S. The number of hydrogen-bond acceptors (Lipinski definition) is 5. The van der Waals surface area contributed by atoms with Crippen LogP contribution in [0.5, 0.6) is 0 Å². The lowest BCUT2D eigenvalue weighted by Gasteiger charge is -2.48. The molecule has 3 rings (SSSR count). The first kappa shape index (κ1) is 20.8. The number of ether oxygens (including phenoxy) is 1. The summed E-state index contributed by atoms with van der Waals surface area (Å²) in [5, 5.41) is 10.8. The quantitative estimate of drug-likeness (QED) is 0.719. The minimum absolute atomic E-state index is 0.0573. The van der Waals surface area contributed by atoms with E-state index in [0.717, 1.165) is 42.9 Å². The van der Waals surface area contributed by atoms with E-state index in [4.69, 9.17) is 4.74 Å². The van der Waals surface area contributed by atoms with Gasteiger partial charge in [-0.25, -0.2) is 13.1 Å². The van der Waals surface area contributed by atoms with Crippen molar-refractivity contribution in [3.05, 3.63) is 23.4 Å². The van der Waals surface area contributed by atoms with Crippen molar-refractivity contribution in [2.45, 2.75) is 83.7 Å². The predicted molar refractivity (Wildman–Crippen MR) is 106 cm³/mol. The van der Waals surface area contributed by atoms with Crippen LogP contribution in [0.15, 0.2) is 23.4 Å². The second-order valence-electron chi connectivity index (χ2n) is 8.30. The summed E-state index contributed by atoms with van der Waals surface area (Å²) in [6.07, 6.45) is 9.45. The van der Waals surface area contributed by atoms with Crippen LogP contribution >= 0.6 is 0 Å². The summed E-state index contributed by atoms with van der Waals surface area (Å²) >= 11 is 0. The molecule has 2 aliphatic heterocycles. The topological polar surface area (TPSA) is 78.9 Å². The Morgan fingerprint density at radius 3 is 2.59 bits per heavy atom. The molecule has 3 atom stereocenters. The number of aliphatic hydroxyl groups excluding tert-OH is 1. The summed E-state index contributed by atoms with van der Waals surface area (Å²) in [5.74, 6) is 0.816. The average Bonchev–Trinajstić information content (AvgIpc) is 2.65. The highest BCUT2D eigenvalue weighted by Gasteiger charge is 2.40. The van der Waals surface area contributed by atoms with Gasteiger partial charge in [0.2, 0.25) is 10.0 Å². The number of nitrogens with one attached hydrogen (secondary N) is 1. The fraction of sp³-hybridized carbons (Fsp3) is 0.800. The first-order valence-electron chi connectivity index (χ1n) is 10.3. The number of hydrogen-bond donors (Lipinski definition) is 2. The van der Waals surface area contributed by atoms with Gasteiger partial charge >= 0.3 is 0 Å². The lowest BCUT2D eigenvalue weighted by Crippen LogP contribution is -2.60. The molecule has 0 radical (unpaired) electrons. The Balaban J connectivity index is 1.75. The van der Waals surface area contributed by atoms with Crippen LogP contribution < -0.4 is 4.72 Å². The number of allylic oxidation sites excluding steroid dienone is 3. The molecule has 6 nitrogen and oxygen atoms in total. The predicted octanol–water partition coefficient (Wildman–Crippen LogP) is 2.52. The highest BCUT2D eigenvalue weighted by atomic mass is 32.2. The molecule has 0 amide bonds. The van der Waals surface area contributed by atoms with Crippen molar-refractivity contribution in [2.75, 3.05) is 12.4 Å². The lowest BCUT2D eigenvalue weighted by molar-refractivity contribution is -0.0603. The van der Waals surface area contributed by atoms with Gasteiger partial charge in [-0.2, -0.15) is 0 Å². The van der Waals surface area contributed by atoms with Crippen molar-refractivity contribution in [1.82, 2.24) is 9.62 Å². The van der Waals surface area contributed by atoms with E-state index >= 15 is 0 Å². The molecular weight excluding hydrogens is 364 g/mol. The van der Waals surface area contributed by atoms with Gasteiger partial charge in [-0.05, 0) is 69.9 Å². The van der Waals surface area contributed by atoms with E-state index < -0.39 is 16.3 Å². The summed E-state index contributed by atoms with van der Waals surface area (Å²) in [6, 6.07) is -0.459. The SMILES string of the molecule is CCS(=O)(=O)NC1CCC2=CC=C(C)C(O)N2C1COC1CCC(C)CC1. The largest absolute Gasteiger partial charge is 0.376 e. The fourth-order valence-corrected chi connectivity index (χ4v) is 5.25. The molecule has 3 unspecified atom stereocenters. The van der Waals surface area contributed by atoms with Gasteiger partial charge in [-0.1, -0.05) is 13.0 Å². The van der Waals surface area contributed by atoms with Gasteiger partial charge in [0.25, 0.3) is 0 Å². The maximum atomic E-state index is 12.2. The van der Waals surface area contributed by atoms with Crippen LogP contribution in [-0.2, 0) is 14.8 Å². The fourth-order valence-electron chi connectivity index (χ4n) is 4.35. The second-order valence-corrected chi connectivity index (χ2v) is 10.3. The van der Waals surface area contributed by atoms with Gasteiger partial charge in [0.1, 0.15) is 6.23 Å². The van der Waals surface area contributed by atoms with E-state index in [1.807, 2.05) is 24.0 Å². The van der Waals surface area contributed by atoms with E-state index in [1.54, 1.807) is 6.92 Å². The van der Waals surface area contributed by atoms with E-state index in [0.29, 0.717) is 6.61 Å². The first-order valence-corrected chi connectivity index (χ1v) is 11.9. The van der Waals surface area contributed by atoms with Gasteiger partial charge in [-0.15, -0.1) is 0 Å². The van der Waals surface area contributed by atoms with Gasteiger partial charge in [0, 0.05) is 11.7 Å². The number of nitrogens with zero attached hydrogens (tertiary/aromatic N) is 1. The normalized spacial score (nSPS) is 34.7. The van der Waals surface area contributed by atoms with Crippen LogP contribution in [0.25, 0.3) is 0 Å². The molecule has 1 saturated carbocycles. The minimum Gasteiger partial charge on any atom is -0.376 e. The zero-order chi connectivity index (χ0) is 19.6. The zero-order valence-electron chi connectivity index (χ0n) is 16.7. The Bertz CT molecular complexity index is 680. The van der Waals surface area contributed by atoms with E-state index in [1.165, 1.54) is 12.8 Å². The molecule has 2 fully saturated rings. The minimum atomic E-state index is -3.32. The van der Waals surface area contributed by atoms with Crippen LogP contribution in [-0.4, -0.2) is 55.2 Å². The molecule has 0 aromatic carbocycles. The van der Waals surface area contributed by atoms with Crippen molar-refractivity contribution < 1.29 is 18.3 Å². The molecule has 2 heterocycles. The van der Waals surface area contributed by atoms with Crippen molar-refractivity contribution in [1.29, 1.82) is 0 Å². The van der Waals surface area contributed by atoms with E-state index in [9.17, 15) is 13.5 Å². The Morgan fingerprint density at radius 1 is 1.22 bits per heavy atom. The summed E-state index contributed by atoms with van der Waals surface area (Å²) in [7, 11) is -3.32. The molecule has 7 heteroatoms. The van der Waals surface area contributed by atoms with Crippen molar-refractivity contribution >= 4 is 10.0 Å². The number of aliphatic hydroxyl groups is 1. The third kappa shape index (κ3) is 4.94. The monoisotopic (exact) mass is 398 g/mol. The van der Waals surface area contributed by atoms with Gasteiger partial charge < -0.3 is 14.7 Å². The van der Waals surface area contributed by atoms with Gasteiger partial charge in [0.15, 0.2) is 0 Å². The van der Waals surface area contributed by atoms with E-state index in [-0.39, 0.29) is 23.9 Å². The maximum absolute atomic E-state index is 12.2. The average molecular weight is 399 g/mol. The molecule has 0 aromatic heterocycles. The van der Waals surface area contributed by atoms with Crippen molar-refractivity contribution in [2.24, 2.45) is 5.92 Å². The smallest absolute Gasteiger partial charge is 0.211 e. The summed E-state index contributed by atoms with van der Waals surface area (Å²) in [6.45, 7) is 6.26. The zero-order valence-corrected chi connectivity index (χ0v) is 17.5. The van der Waals surface area contributed by atoms with Crippen LogP contribution in [0.3, 0.4) is 0 Å². The molecule has 1 saturated heterocycles. The highest BCUT2D eigenvalue weighted by Crippen LogP contribution is 2.34. The maximum Gasteiger partial charge on any atom is 0.211 e. The second kappa shape index (κ2) is 8.64. The van der Waals surface area contributed by atoms with Crippen molar-refractivity contribution in [3.63, 3.8) is 0 Å². The van der Waals surface area contributed by atoms with Crippen molar-refractivity contribution in [3.8, 4) is 0 Å². The number of piperidine rings is 1. The van der Waals surface area contributed by atoms with Crippen LogP contribution in [0.1, 0.15) is 59.3 Å². The molecule has 2 N–H and O–H groups in total. The Morgan fingerprint density at radius 2 is 1.93 bits per heavy atom.